The maximum Gasteiger partial charge on any atom is 0.321 e. The number of pyridine rings is 1. The van der Waals surface area contributed by atoms with Crippen LogP contribution in [-0.4, -0.2) is 27.9 Å². The smallest absolute Gasteiger partial charge is 0.321 e. The molecule has 0 bridgehead atoms. The number of thioether (sulfide) groups is 1. The Morgan fingerprint density at radius 1 is 1.67 bits per heavy atom. The highest BCUT2D eigenvalue weighted by molar-refractivity contribution is 7.99. The van der Waals surface area contributed by atoms with Gasteiger partial charge in [0, 0.05) is 17.6 Å². The van der Waals surface area contributed by atoms with Gasteiger partial charge in [0.2, 0.25) is 0 Å². The van der Waals surface area contributed by atoms with Crippen molar-refractivity contribution in [2.75, 3.05) is 5.75 Å². The fourth-order valence-electron chi connectivity index (χ4n) is 1.44. The second kappa shape index (κ2) is 4.20. The van der Waals surface area contributed by atoms with Crippen LogP contribution < -0.4 is 5.32 Å². The van der Waals surface area contributed by atoms with E-state index in [1.165, 1.54) is 0 Å². The van der Waals surface area contributed by atoms with E-state index in [1.54, 1.807) is 18.0 Å². The van der Waals surface area contributed by atoms with Gasteiger partial charge in [-0.2, -0.15) is 0 Å². The van der Waals surface area contributed by atoms with E-state index in [0.29, 0.717) is 5.75 Å². The Labute approximate surface area is 92.1 Å². The molecule has 0 amide bonds. The van der Waals surface area contributed by atoms with Gasteiger partial charge < -0.3 is 5.11 Å². The van der Waals surface area contributed by atoms with Gasteiger partial charge in [-0.3, -0.25) is 15.1 Å². The molecule has 5 heteroatoms. The molecule has 0 radical (unpaired) electrons. The summed E-state index contributed by atoms with van der Waals surface area (Å²) in [6.07, 6.45) is 1.80. The van der Waals surface area contributed by atoms with E-state index in [4.69, 9.17) is 5.11 Å². The topological polar surface area (TPSA) is 62.2 Å². The summed E-state index contributed by atoms with van der Waals surface area (Å²) in [6, 6.07) is 3.48. The van der Waals surface area contributed by atoms with Crippen LogP contribution in [0.4, 0.5) is 0 Å². The summed E-state index contributed by atoms with van der Waals surface area (Å²) in [4.78, 5) is 14.9. The summed E-state index contributed by atoms with van der Waals surface area (Å²) >= 11 is 1.61. The second-order valence-electron chi connectivity index (χ2n) is 3.50. The zero-order valence-corrected chi connectivity index (χ0v) is 9.12. The molecule has 0 saturated carbocycles. The highest BCUT2D eigenvalue weighted by Crippen LogP contribution is 2.32. The molecular formula is C10H12N2O2S. The number of rotatable bonds is 2. The van der Waals surface area contributed by atoms with E-state index < -0.39 is 12.0 Å². The van der Waals surface area contributed by atoms with Crippen molar-refractivity contribution < 1.29 is 9.90 Å². The summed E-state index contributed by atoms with van der Waals surface area (Å²) < 4.78 is 0. The molecule has 2 heterocycles. The zero-order valence-electron chi connectivity index (χ0n) is 8.30. The van der Waals surface area contributed by atoms with Crippen LogP contribution in [0.25, 0.3) is 0 Å². The van der Waals surface area contributed by atoms with Gasteiger partial charge in [-0.05, 0) is 18.6 Å². The molecule has 0 spiro atoms. The van der Waals surface area contributed by atoms with Gasteiger partial charge in [0.15, 0.2) is 0 Å². The maximum atomic E-state index is 10.7. The number of nitrogens with one attached hydrogen (secondary N) is 1. The van der Waals surface area contributed by atoms with E-state index in [0.717, 1.165) is 11.3 Å². The van der Waals surface area contributed by atoms with E-state index in [2.05, 4.69) is 10.3 Å². The fourth-order valence-corrected chi connectivity index (χ4v) is 2.66. The van der Waals surface area contributed by atoms with Gasteiger partial charge in [-0.15, -0.1) is 11.8 Å². The largest absolute Gasteiger partial charge is 0.480 e. The average molecular weight is 224 g/mol. The Hall–Kier alpha value is -1.07. The van der Waals surface area contributed by atoms with Gasteiger partial charge in [0.1, 0.15) is 6.04 Å². The van der Waals surface area contributed by atoms with Crippen LogP contribution in [0.1, 0.15) is 16.6 Å². The molecule has 1 fully saturated rings. The fraction of sp³-hybridized carbons (Fsp3) is 0.400. The Morgan fingerprint density at radius 2 is 2.47 bits per heavy atom. The third kappa shape index (κ3) is 2.30. The number of hydrogen-bond donors (Lipinski definition) is 2. The van der Waals surface area contributed by atoms with Crippen molar-refractivity contribution in [3.63, 3.8) is 0 Å². The molecule has 1 aromatic rings. The summed E-state index contributed by atoms with van der Waals surface area (Å²) in [7, 11) is 0. The number of hydrogen-bond acceptors (Lipinski definition) is 4. The normalized spacial score (nSPS) is 25.4. The Bertz CT molecular complexity index is 366. The first kappa shape index (κ1) is 10.4. The van der Waals surface area contributed by atoms with Crippen LogP contribution in [0.3, 0.4) is 0 Å². The molecule has 1 aromatic heterocycles. The minimum absolute atomic E-state index is 0.0548. The van der Waals surface area contributed by atoms with Crippen molar-refractivity contribution in [1.82, 2.24) is 10.3 Å². The van der Waals surface area contributed by atoms with E-state index in [1.807, 2.05) is 19.1 Å². The van der Waals surface area contributed by atoms with Gasteiger partial charge >= 0.3 is 5.97 Å². The van der Waals surface area contributed by atoms with Crippen LogP contribution in [-0.2, 0) is 4.79 Å². The summed E-state index contributed by atoms with van der Waals surface area (Å²) in [5.41, 5.74) is 2.01. The Kier molecular flexibility index (Phi) is 2.93. The molecule has 0 aromatic carbocycles. The van der Waals surface area contributed by atoms with Crippen LogP contribution in [0, 0.1) is 6.92 Å². The second-order valence-corrected chi connectivity index (χ2v) is 4.64. The quantitative estimate of drug-likeness (QED) is 0.789. The first-order chi connectivity index (χ1) is 7.16. The predicted octanol–water partition coefficient (Wildman–Crippen LogP) is 1.18. The predicted molar refractivity (Wildman–Crippen MR) is 58.7 cm³/mol. The van der Waals surface area contributed by atoms with Crippen molar-refractivity contribution in [1.29, 1.82) is 0 Å². The number of aliphatic carboxylic acids is 1. The molecule has 0 aliphatic carbocycles. The molecule has 1 unspecified atom stereocenters. The average Bonchev–Trinajstić information content (AvgIpc) is 2.68. The molecule has 1 aliphatic heterocycles. The van der Waals surface area contributed by atoms with Crippen molar-refractivity contribution in [3.05, 3.63) is 29.6 Å². The number of aryl methyl sites for hydroxylation is 1. The molecular weight excluding hydrogens is 212 g/mol. The van der Waals surface area contributed by atoms with Crippen LogP contribution >= 0.6 is 11.8 Å². The monoisotopic (exact) mass is 224 g/mol. The van der Waals surface area contributed by atoms with Gasteiger partial charge in [0.05, 0.1) is 5.37 Å². The van der Waals surface area contributed by atoms with E-state index >= 15 is 0 Å². The summed E-state index contributed by atoms with van der Waals surface area (Å²) in [6.45, 7) is 1.93. The van der Waals surface area contributed by atoms with Crippen LogP contribution in [0.5, 0.6) is 0 Å². The zero-order chi connectivity index (χ0) is 10.8. The minimum Gasteiger partial charge on any atom is -0.480 e. The first-order valence-electron chi connectivity index (χ1n) is 4.70. The lowest BCUT2D eigenvalue weighted by Crippen LogP contribution is -2.33. The van der Waals surface area contributed by atoms with E-state index in [9.17, 15) is 4.79 Å². The standard InChI is InChI=1S/C10H12N2O2S/c1-6-2-3-7(4-11-6)9-12-8(5-15-9)10(13)14/h2-4,8-9,12H,5H2,1H3,(H,13,14)/t8-,9?/m1/s1. The Balaban J connectivity index is 2.07. The molecule has 4 nitrogen and oxygen atoms in total. The van der Waals surface area contributed by atoms with Crippen molar-refractivity contribution in [3.8, 4) is 0 Å². The number of carbonyl (C=O) groups is 1. The Morgan fingerprint density at radius 3 is 3.00 bits per heavy atom. The molecule has 1 saturated heterocycles. The van der Waals surface area contributed by atoms with Gasteiger partial charge in [-0.25, -0.2) is 0 Å². The number of carboxylic acids is 1. The molecule has 1 aliphatic rings. The summed E-state index contributed by atoms with van der Waals surface area (Å²) in [5, 5.41) is 11.9. The number of nitrogens with zero attached hydrogens (tertiary/aromatic N) is 1. The number of carboxylic acid groups (broad SMARTS) is 1. The molecule has 15 heavy (non-hydrogen) atoms. The molecule has 80 valence electrons. The number of aromatic nitrogens is 1. The maximum absolute atomic E-state index is 10.7. The third-order valence-electron chi connectivity index (χ3n) is 2.32. The third-order valence-corrected chi connectivity index (χ3v) is 3.58. The first-order valence-corrected chi connectivity index (χ1v) is 5.74. The highest BCUT2D eigenvalue weighted by Gasteiger charge is 2.30. The van der Waals surface area contributed by atoms with Crippen LogP contribution in [0.2, 0.25) is 0 Å². The van der Waals surface area contributed by atoms with Crippen LogP contribution in [0.15, 0.2) is 18.3 Å². The summed E-state index contributed by atoms with van der Waals surface area (Å²) in [5.74, 6) is -0.182. The lowest BCUT2D eigenvalue weighted by atomic mass is 10.2. The highest BCUT2D eigenvalue weighted by atomic mass is 32.2. The van der Waals surface area contributed by atoms with Crippen molar-refractivity contribution >= 4 is 17.7 Å². The molecule has 2 atom stereocenters. The lowest BCUT2D eigenvalue weighted by Gasteiger charge is -2.10. The van der Waals surface area contributed by atoms with Gasteiger partial charge in [-0.1, -0.05) is 6.07 Å². The van der Waals surface area contributed by atoms with Crippen molar-refractivity contribution in [2.45, 2.75) is 18.3 Å². The van der Waals surface area contributed by atoms with Gasteiger partial charge in [0.25, 0.3) is 0 Å². The van der Waals surface area contributed by atoms with E-state index in [-0.39, 0.29) is 5.37 Å². The van der Waals surface area contributed by atoms with Crippen molar-refractivity contribution in [2.24, 2.45) is 0 Å². The molecule has 2 rings (SSSR count). The minimum atomic E-state index is -0.787. The SMILES string of the molecule is Cc1ccc(C2N[C@@H](C(=O)O)CS2)cn1. The lowest BCUT2D eigenvalue weighted by molar-refractivity contribution is -0.138. The molecule has 2 N–H and O–H groups in total.